The highest BCUT2D eigenvalue weighted by Crippen LogP contribution is 2.24. The summed E-state index contributed by atoms with van der Waals surface area (Å²) < 4.78 is 5.19. The lowest BCUT2D eigenvalue weighted by Crippen LogP contribution is -2.46. The molecule has 1 fully saturated rings. The summed E-state index contributed by atoms with van der Waals surface area (Å²) in [5, 5.41) is 3.14. The molecule has 0 saturated carbocycles. The van der Waals surface area contributed by atoms with Crippen LogP contribution in [0.25, 0.3) is 11.1 Å². The van der Waals surface area contributed by atoms with E-state index >= 15 is 0 Å². The first-order chi connectivity index (χ1) is 13.7. The van der Waals surface area contributed by atoms with Gasteiger partial charge in [0.15, 0.2) is 5.76 Å². The molecule has 0 bridgehead atoms. The fourth-order valence-corrected chi connectivity index (χ4v) is 3.60. The summed E-state index contributed by atoms with van der Waals surface area (Å²) in [6.45, 7) is 1.20. The molecule has 4 rings (SSSR count). The number of benzene rings is 2. The summed E-state index contributed by atoms with van der Waals surface area (Å²) in [4.78, 5) is 27.0. The van der Waals surface area contributed by atoms with E-state index in [1.54, 1.807) is 17.0 Å². The molecule has 0 unspecified atom stereocenters. The molecule has 1 aromatic heterocycles. The van der Waals surface area contributed by atoms with Crippen molar-refractivity contribution in [3.8, 4) is 11.1 Å². The number of hydrogen-bond acceptors (Lipinski definition) is 3. The normalized spacial score (nSPS) is 14.6. The maximum absolute atomic E-state index is 12.9. The number of amides is 2. The van der Waals surface area contributed by atoms with Crippen LogP contribution in [0.4, 0.5) is 0 Å². The number of nitrogens with one attached hydrogen (secondary N) is 1. The van der Waals surface area contributed by atoms with E-state index in [9.17, 15) is 9.59 Å². The van der Waals surface area contributed by atoms with Gasteiger partial charge < -0.3 is 14.6 Å². The molecule has 0 atom stereocenters. The van der Waals surface area contributed by atoms with Crippen molar-refractivity contribution in [1.82, 2.24) is 10.2 Å². The summed E-state index contributed by atoms with van der Waals surface area (Å²) in [6.07, 6.45) is 2.96. The van der Waals surface area contributed by atoms with Crippen molar-refractivity contribution < 1.29 is 14.0 Å². The van der Waals surface area contributed by atoms with Crippen LogP contribution >= 0.6 is 0 Å². The Hall–Kier alpha value is -3.34. The molecule has 2 aromatic carbocycles. The molecular formula is C23H22N2O3. The van der Waals surface area contributed by atoms with Crippen LogP contribution in [0.2, 0.25) is 0 Å². The van der Waals surface area contributed by atoms with Gasteiger partial charge in [-0.15, -0.1) is 0 Å². The minimum Gasteiger partial charge on any atom is -0.459 e. The van der Waals surface area contributed by atoms with Gasteiger partial charge in [-0.2, -0.15) is 0 Å². The minimum absolute atomic E-state index is 0.0528. The van der Waals surface area contributed by atoms with Gasteiger partial charge in [0.05, 0.1) is 6.26 Å². The second-order valence-corrected chi connectivity index (χ2v) is 6.93. The molecule has 1 aliphatic rings. The Morgan fingerprint density at radius 2 is 1.61 bits per heavy atom. The standard InChI is InChI=1S/C23H22N2O3/c26-22(20-10-5-4-9-19(20)17-7-2-1-3-8-17)24-18-12-14-25(15-13-18)23(27)21-11-6-16-28-21/h1-11,16,18H,12-15H2,(H,24,26). The van der Waals surface area contributed by atoms with Crippen LogP contribution in [0.3, 0.4) is 0 Å². The maximum atomic E-state index is 12.9. The number of rotatable bonds is 4. The zero-order valence-corrected chi connectivity index (χ0v) is 15.5. The SMILES string of the molecule is O=C(NC1CCN(C(=O)c2ccco2)CC1)c1ccccc1-c1ccccc1. The van der Waals surface area contributed by atoms with Crippen molar-refractivity contribution >= 4 is 11.8 Å². The molecule has 5 nitrogen and oxygen atoms in total. The average molecular weight is 374 g/mol. The first-order valence-corrected chi connectivity index (χ1v) is 9.50. The van der Waals surface area contributed by atoms with Crippen molar-refractivity contribution in [2.75, 3.05) is 13.1 Å². The molecule has 3 aromatic rings. The fraction of sp³-hybridized carbons (Fsp3) is 0.217. The van der Waals surface area contributed by atoms with Gasteiger partial charge in [0.25, 0.3) is 11.8 Å². The van der Waals surface area contributed by atoms with Crippen LogP contribution in [0.1, 0.15) is 33.8 Å². The third-order valence-corrected chi connectivity index (χ3v) is 5.11. The molecule has 5 heteroatoms. The largest absolute Gasteiger partial charge is 0.459 e. The van der Waals surface area contributed by atoms with Crippen molar-refractivity contribution in [2.45, 2.75) is 18.9 Å². The zero-order valence-electron chi connectivity index (χ0n) is 15.5. The highest BCUT2D eigenvalue weighted by molar-refractivity contribution is 6.01. The van der Waals surface area contributed by atoms with Gasteiger partial charge in [-0.3, -0.25) is 9.59 Å². The maximum Gasteiger partial charge on any atom is 0.289 e. The van der Waals surface area contributed by atoms with E-state index in [0.29, 0.717) is 24.4 Å². The van der Waals surface area contributed by atoms with Gasteiger partial charge in [-0.25, -0.2) is 0 Å². The molecule has 1 saturated heterocycles. The van der Waals surface area contributed by atoms with Gasteiger partial charge in [-0.05, 0) is 42.2 Å². The van der Waals surface area contributed by atoms with Gasteiger partial charge in [0.2, 0.25) is 0 Å². The van der Waals surface area contributed by atoms with E-state index in [1.807, 2.05) is 54.6 Å². The van der Waals surface area contributed by atoms with Crippen molar-refractivity contribution in [3.63, 3.8) is 0 Å². The van der Waals surface area contributed by atoms with E-state index in [0.717, 1.165) is 24.0 Å². The average Bonchev–Trinajstić information content (AvgIpc) is 3.29. The molecule has 0 spiro atoms. The van der Waals surface area contributed by atoms with Crippen LogP contribution < -0.4 is 5.32 Å². The first-order valence-electron chi connectivity index (χ1n) is 9.50. The van der Waals surface area contributed by atoms with E-state index < -0.39 is 0 Å². The molecule has 2 amide bonds. The summed E-state index contributed by atoms with van der Waals surface area (Å²) in [7, 11) is 0. The molecule has 2 heterocycles. The molecule has 0 aliphatic carbocycles. The van der Waals surface area contributed by atoms with Gasteiger partial charge in [0.1, 0.15) is 0 Å². The Labute approximate surface area is 164 Å². The molecule has 0 radical (unpaired) electrons. The van der Waals surface area contributed by atoms with Gasteiger partial charge in [0, 0.05) is 24.7 Å². The predicted molar refractivity (Wildman–Crippen MR) is 107 cm³/mol. The van der Waals surface area contributed by atoms with Crippen LogP contribution in [-0.4, -0.2) is 35.8 Å². The topological polar surface area (TPSA) is 62.6 Å². The number of furan rings is 1. The highest BCUT2D eigenvalue weighted by atomic mass is 16.3. The number of hydrogen-bond donors (Lipinski definition) is 1. The zero-order chi connectivity index (χ0) is 19.3. The molecule has 1 aliphatic heterocycles. The summed E-state index contributed by atoms with van der Waals surface area (Å²) in [5.41, 5.74) is 2.61. The third kappa shape index (κ3) is 3.83. The quantitative estimate of drug-likeness (QED) is 0.751. The van der Waals surface area contributed by atoms with Crippen LogP contribution in [-0.2, 0) is 0 Å². The van der Waals surface area contributed by atoms with E-state index in [1.165, 1.54) is 6.26 Å². The molecule has 142 valence electrons. The second kappa shape index (κ2) is 8.13. The Morgan fingerprint density at radius 3 is 2.32 bits per heavy atom. The van der Waals surface area contributed by atoms with Crippen molar-refractivity contribution in [3.05, 3.63) is 84.3 Å². The summed E-state index contributed by atoms with van der Waals surface area (Å²) >= 11 is 0. The van der Waals surface area contributed by atoms with Gasteiger partial charge >= 0.3 is 0 Å². The lowest BCUT2D eigenvalue weighted by molar-refractivity contribution is 0.0667. The van der Waals surface area contributed by atoms with Crippen LogP contribution in [0, 0.1) is 0 Å². The van der Waals surface area contributed by atoms with E-state index in [4.69, 9.17) is 4.42 Å². The van der Waals surface area contributed by atoms with Crippen LogP contribution in [0.15, 0.2) is 77.4 Å². The Bertz CT molecular complexity index is 943. The predicted octanol–water partition coefficient (Wildman–Crippen LogP) is 3.98. The molecule has 1 N–H and O–H groups in total. The monoisotopic (exact) mass is 374 g/mol. The third-order valence-electron chi connectivity index (χ3n) is 5.11. The number of piperidine rings is 1. The van der Waals surface area contributed by atoms with E-state index in [2.05, 4.69) is 5.32 Å². The second-order valence-electron chi connectivity index (χ2n) is 6.93. The van der Waals surface area contributed by atoms with Crippen LogP contribution in [0.5, 0.6) is 0 Å². The first kappa shape index (κ1) is 18.0. The number of likely N-dealkylation sites (tertiary alicyclic amines) is 1. The summed E-state index contributed by atoms with van der Waals surface area (Å²) in [5.74, 6) is 0.193. The Balaban J connectivity index is 1.40. The van der Waals surface area contributed by atoms with Crippen molar-refractivity contribution in [1.29, 1.82) is 0 Å². The van der Waals surface area contributed by atoms with Crippen molar-refractivity contribution in [2.24, 2.45) is 0 Å². The number of carbonyl (C=O) groups excluding carboxylic acids is 2. The molecular weight excluding hydrogens is 352 g/mol. The van der Waals surface area contributed by atoms with E-state index in [-0.39, 0.29) is 17.9 Å². The Kier molecular flexibility index (Phi) is 5.24. The number of nitrogens with zero attached hydrogens (tertiary/aromatic N) is 1. The highest BCUT2D eigenvalue weighted by Gasteiger charge is 2.26. The lowest BCUT2D eigenvalue weighted by atomic mass is 9.98. The molecule has 28 heavy (non-hydrogen) atoms. The minimum atomic E-state index is -0.0933. The lowest BCUT2D eigenvalue weighted by Gasteiger charge is -2.32. The smallest absolute Gasteiger partial charge is 0.289 e. The number of carbonyl (C=O) groups is 2. The fourth-order valence-electron chi connectivity index (χ4n) is 3.60. The Morgan fingerprint density at radius 1 is 0.893 bits per heavy atom. The summed E-state index contributed by atoms with van der Waals surface area (Å²) in [6, 6.07) is 21.0. The van der Waals surface area contributed by atoms with Gasteiger partial charge in [-0.1, -0.05) is 48.5 Å².